The van der Waals surface area contributed by atoms with Crippen LogP contribution in [0, 0.1) is 5.92 Å². The van der Waals surface area contributed by atoms with Crippen molar-refractivity contribution in [3.8, 4) is 0 Å². The second kappa shape index (κ2) is 12.2. The van der Waals surface area contributed by atoms with E-state index in [4.69, 9.17) is 9.47 Å². The predicted molar refractivity (Wildman–Crippen MR) is 87.0 cm³/mol. The summed E-state index contributed by atoms with van der Waals surface area (Å²) in [7, 11) is 0. The number of carbonyl (C=O) groups is 1. The van der Waals surface area contributed by atoms with Crippen molar-refractivity contribution in [2.24, 2.45) is 10.9 Å². The third kappa shape index (κ3) is 9.57. The summed E-state index contributed by atoms with van der Waals surface area (Å²) in [5.41, 5.74) is 0. The average molecular weight is 314 g/mol. The highest BCUT2D eigenvalue weighted by Crippen LogP contribution is 2.12. The summed E-state index contributed by atoms with van der Waals surface area (Å²) in [6.45, 7) is 9.53. The zero-order chi connectivity index (χ0) is 16.0. The van der Waals surface area contributed by atoms with Crippen molar-refractivity contribution in [1.82, 2.24) is 16.0 Å². The summed E-state index contributed by atoms with van der Waals surface area (Å²) in [5.74, 6) is 1.32. The second-order valence-corrected chi connectivity index (χ2v) is 5.33. The van der Waals surface area contributed by atoms with Crippen molar-refractivity contribution in [2.45, 2.75) is 26.7 Å². The number of ether oxygens (including phenoxy) is 2. The zero-order valence-corrected chi connectivity index (χ0v) is 13.8. The van der Waals surface area contributed by atoms with Gasteiger partial charge in [-0.1, -0.05) is 0 Å². The Balaban J connectivity index is 2.06. The van der Waals surface area contributed by atoms with Gasteiger partial charge in [0, 0.05) is 52.2 Å². The van der Waals surface area contributed by atoms with Crippen LogP contribution in [0.2, 0.25) is 0 Å². The lowest BCUT2D eigenvalue weighted by Crippen LogP contribution is -2.41. The average Bonchev–Trinajstić information content (AvgIpc) is 3.00. The lowest BCUT2D eigenvalue weighted by molar-refractivity contribution is -0.118. The van der Waals surface area contributed by atoms with Gasteiger partial charge in [-0.15, -0.1) is 0 Å². The van der Waals surface area contributed by atoms with Gasteiger partial charge in [0.05, 0.1) is 13.2 Å². The number of hydrogen-bond acceptors (Lipinski definition) is 4. The molecule has 0 aromatic rings. The largest absolute Gasteiger partial charge is 0.381 e. The van der Waals surface area contributed by atoms with E-state index < -0.39 is 0 Å². The van der Waals surface area contributed by atoms with Gasteiger partial charge in [-0.05, 0) is 19.8 Å². The van der Waals surface area contributed by atoms with Gasteiger partial charge in [0.15, 0.2) is 5.96 Å². The van der Waals surface area contributed by atoms with E-state index in [2.05, 4.69) is 20.9 Å². The highest BCUT2D eigenvalue weighted by atomic mass is 16.5. The van der Waals surface area contributed by atoms with E-state index in [0.717, 1.165) is 58.3 Å². The van der Waals surface area contributed by atoms with Crippen molar-refractivity contribution in [3.63, 3.8) is 0 Å². The Bertz CT molecular complexity index is 331. The minimum absolute atomic E-state index is 0.0199. The van der Waals surface area contributed by atoms with Gasteiger partial charge in [0.1, 0.15) is 0 Å². The molecule has 1 aliphatic heterocycles. The molecular formula is C15H30N4O3. The van der Waals surface area contributed by atoms with Crippen molar-refractivity contribution in [1.29, 1.82) is 0 Å². The van der Waals surface area contributed by atoms with Crippen molar-refractivity contribution in [2.75, 3.05) is 52.6 Å². The Morgan fingerprint density at radius 3 is 2.82 bits per heavy atom. The standard InChI is InChI=1S/C15H30N4O3/c1-3-16-15(19-8-7-17-13(2)20)18-6-4-9-21-11-14-5-10-22-12-14/h14H,3-12H2,1-2H3,(H,17,20)(H2,16,18,19). The molecule has 1 rings (SSSR count). The Hall–Kier alpha value is -1.34. The van der Waals surface area contributed by atoms with E-state index in [1.165, 1.54) is 6.92 Å². The Labute approximate surface area is 133 Å². The number of amides is 1. The Morgan fingerprint density at radius 2 is 2.14 bits per heavy atom. The smallest absolute Gasteiger partial charge is 0.216 e. The fourth-order valence-electron chi connectivity index (χ4n) is 2.08. The van der Waals surface area contributed by atoms with Crippen molar-refractivity contribution >= 4 is 11.9 Å². The fourth-order valence-corrected chi connectivity index (χ4v) is 2.08. The molecule has 7 heteroatoms. The molecular weight excluding hydrogens is 284 g/mol. The summed E-state index contributed by atoms with van der Waals surface area (Å²) in [4.78, 5) is 15.3. The summed E-state index contributed by atoms with van der Waals surface area (Å²) in [6.07, 6.45) is 2.01. The number of hydrogen-bond donors (Lipinski definition) is 3. The predicted octanol–water partition coefficient (Wildman–Crippen LogP) is 0.121. The van der Waals surface area contributed by atoms with Gasteiger partial charge in [-0.3, -0.25) is 9.79 Å². The zero-order valence-electron chi connectivity index (χ0n) is 13.8. The number of carbonyl (C=O) groups excluding carboxylic acids is 1. The minimum Gasteiger partial charge on any atom is -0.381 e. The van der Waals surface area contributed by atoms with Crippen LogP contribution in [0.4, 0.5) is 0 Å². The monoisotopic (exact) mass is 314 g/mol. The van der Waals surface area contributed by atoms with E-state index in [-0.39, 0.29) is 5.91 Å². The van der Waals surface area contributed by atoms with Crippen LogP contribution in [0.1, 0.15) is 26.7 Å². The summed E-state index contributed by atoms with van der Waals surface area (Å²) >= 11 is 0. The molecule has 0 bridgehead atoms. The van der Waals surface area contributed by atoms with Crippen LogP contribution >= 0.6 is 0 Å². The van der Waals surface area contributed by atoms with Crippen LogP contribution in [0.25, 0.3) is 0 Å². The fraction of sp³-hybridized carbons (Fsp3) is 0.867. The normalized spacial score (nSPS) is 18.3. The van der Waals surface area contributed by atoms with Crippen molar-refractivity contribution < 1.29 is 14.3 Å². The molecule has 1 amide bonds. The van der Waals surface area contributed by atoms with E-state index in [9.17, 15) is 4.79 Å². The third-order valence-corrected chi connectivity index (χ3v) is 3.23. The number of nitrogens with one attached hydrogen (secondary N) is 3. The second-order valence-electron chi connectivity index (χ2n) is 5.33. The molecule has 7 nitrogen and oxygen atoms in total. The lowest BCUT2D eigenvalue weighted by atomic mass is 10.1. The third-order valence-electron chi connectivity index (χ3n) is 3.23. The first-order chi connectivity index (χ1) is 10.7. The molecule has 1 unspecified atom stereocenters. The molecule has 1 fully saturated rings. The molecule has 1 atom stereocenters. The van der Waals surface area contributed by atoms with Crippen molar-refractivity contribution in [3.05, 3.63) is 0 Å². The molecule has 0 aromatic carbocycles. The van der Waals surface area contributed by atoms with E-state index >= 15 is 0 Å². The first kappa shape index (κ1) is 18.7. The minimum atomic E-state index is -0.0199. The van der Waals surface area contributed by atoms with Crippen LogP contribution in [-0.4, -0.2) is 64.5 Å². The van der Waals surface area contributed by atoms with Crippen LogP contribution in [0.15, 0.2) is 4.99 Å². The topological polar surface area (TPSA) is 84.0 Å². The molecule has 22 heavy (non-hydrogen) atoms. The SMILES string of the molecule is CCNC(=NCCCOCC1CCOC1)NCCNC(C)=O. The molecule has 128 valence electrons. The number of rotatable bonds is 10. The molecule has 0 aliphatic carbocycles. The van der Waals surface area contributed by atoms with E-state index in [1.54, 1.807) is 0 Å². The van der Waals surface area contributed by atoms with Gasteiger partial charge in [0.25, 0.3) is 0 Å². The summed E-state index contributed by atoms with van der Waals surface area (Å²) < 4.78 is 11.0. The van der Waals surface area contributed by atoms with Crippen LogP contribution in [0.3, 0.4) is 0 Å². The summed E-state index contributed by atoms with van der Waals surface area (Å²) in [5, 5.41) is 9.09. The molecule has 0 saturated carbocycles. The maximum Gasteiger partial charge on any atom is 0.216 e. The molecule has 1 aliphatic rings. The van der Waals surface area contributed by atoms with Gasteiger partial charge in [0.2, 0.25) is 5.91 Å². The lowest BCUT2D eigenvalue weighted by Gasteiger charge is -2.11. The highest BCUT2D eigenvalue weighted by Gasteiger charge is 2.15. The van der Waals surface area contributed by atoms with Gasteiger partial charge in [-0.2, -0.15) is 0 Å². The van der Waals surface area contributed by atoms with E-state index in [0.29, 0.717) is 19.0 Å². The first-order valence-corrected chi connectivity index (χ1v) is 8.14. The Morgan fingerprint density at radius 1 is 1.32 bits per heavy atom. The van der Waals surface area contributed by atoms with Crippen LogP contribution in [-0.2, 0) is 14.3 Å². The quantitative estimate of drug-likeness (QED) is 0.303. The molecule has 3 N–H and O–H groups in total. The molecule has 1 heterocycles. The number of aliphatic imine (C=N–C) groups is 1. The Kier molecular flexibility index (Phi) is 10.4. The summed E-state index contributed by atoms with van der Waals surface area (Å²) in [6, 6.07) is 0. The van der Waals surface area contributed by atoms with Gasteiger partial charge >= 0.3 is 0 Å². The molecule has 0 radical (unpaired) electrons. The maximum absolute atomic E-state index is 10.8. The molecule has 0 aromatic heterocycles. The van der Waals surface area contributed by atoms with Crippen LogP contribution in [0.5, 0.6) is 0 Å². The van der Waals surface area contributed by atoms with Gasteiger partial charge < -0.3 is 25.4 Å². The molecule has 1 saturated heterocycles. The number of guanidine groups is 1. The van der Waals surface area contributed by atoms with E-state index in [1.807, 2.05) is 6.92 Å². The maximum atomic E-state index is 10.8. The van der Waals surface area contributed by atoms with Crippen LogP contribution < -0.4 is 16.0 Å². The highest BCUT2D eigenvalue weighted by molar-refractivity contribution is 5.79. The molecule has 0 spiro atoms. The first-order valence-electron chi connectivity index (χ1n) is 8.14. The number of nitrogens with zero attached hydrogens (tertiary/aromatic N) is 1. The van der Waals surface area contributed by atoms with Gasteiger partial charge in [-0.25, -0.2) is 0 Å².